The van der Waals surface area contributed by atoms with Crippen LogP contribution in [0.25, 0.3) is 0 Å². The third-order valence-electron chi connectivity index (χ3n) is 5.61. The average molecular weight is 499 g/mol. The standard InChI is InChI=1S/C20H30N6O3S3/c1-15-4-6-18(7-5-15)21-19-22-26(20(30)31-19)14-23-8-10-24(11-9-23)32(27,28)25-12-16(2)29-17(3)13-25/h4-7,16-17H,8-14H2,1-3H3,(H,21,22). The van der Waals surface area contributed by atoms with Crippen molar-refractivity contribution in [3.63, 3.8) is 0 Å². The Morgan fingerprint density at radius 2 is 1.72 bits per heavy atom. The average Bonchev–Trinajstić information content (AvgIpc) is 3.08. The summed E-state index contributed by atoms with van der Waals surface area (Å²) in [5, 5.41) is 8.65. The largest absolute Gasteiger partial charge is 0.373 e. The molecule has 4 rings (SSSR count). The molecule has 1 aromatic carbocycles. The normalized spacial score (nSPS) is 24.0. The number of nitrogens with zero attached hydrogens (tertiary/aromatic N) is 5. The lowest BCUT2D eigenvalue weighted by Gasteiger charge is -2.40. The summed E-state index contributed by atoms with van der Waals surface area (Å²) >= 11 is 6.93. The summed E-state index contributed by atoms with van der Waals surface area (Å²) in [6.07, 6.45) is -0.187. The Bertz CT molecular complexity index is 1070. The SMILES string of the molecule is Cc1ccc(Nc2nn(CN3CCN(S(=O)(=O)N4CC(C)OC(C)C4)CC3)c(=S)s2)cc1. The Morgan fingerprint density at radius 1 is 1.09 bits per heavy atom. The van der Waals surface area contributed by atoms with Crippen LogP contribution in [0.5, 0.6) is 0 Å². The van der Waals surface area contributed by atoms with Gasteiger partial charge in [0.05, 0.1) is 18.9 Å². The highest BCUT2D eigenvalue weighted by Crippen LogP contribution is 2.22. The first-order valence-electron chi connectivity index (χ1n) is 10.8. The van der Waals surface area contributed by atoms with E-state index in [0.29, 0.717) is 49.9 Å². The van der Waals surface area contributed by atoms with Crippen molar-refractivity contribution in [1.29, 1.82) is 0 Å². The number of aromatic nitrogens is 2. The maximum absolute atomic E-state index is 13.1. The summed E-state index contributed by atoms with van der Waals surface area (Å²) < 4.78 is 37.5. The van der Waals surface area contributed by atoms with Crippen LogP contribution in [0.1, 0.15) is 19.4 Å². The van der Waals surface area contributed by atoms with Crippen molar-refractivity contribution in [2.24, 2.45) is 0 Å². The number of piperazine rings is 1. The zero-order chi connectivity index (χ0) is 22.9. The molecule has 0 saturated carbocycles. The summed E-state index contributed by atoms with van der Waals surface area (Å²) in [5.41, 5.74) is 2.17. The van der Waals surface area contributed by atoms with Gasteiger partial charge < -0.3 is 10.1 Å². The fourth-order valence-corrected chi connectivity index (χ4v) is 6.74. The summed E-state index contributed by atoms with van der Waals surface area (Å²) in [6.45, 7) is 9.40. The van der Waals surface area contributed by atoms with Crippen molar-refractivity contribution >= 4 is 44.6 Å². The maximum atomic E-state index is 13.1. The molecular weight excluding hydrogens is 468 g/mol. The number of nitrogens with one attached hydrogen (secondary N) is 1. The Balaban J connectivity index is 1.33. The summed E-state index contributed by atoms with van der Waals surface area (Å²) in [4.78, 5) is 2.18. The second-order valence-electron chi connectivity index (χ2n) is 8.40. The first kappa shape index (κ1) is 23.7. The number of aryl methyl sites for hydroxylation is 1. The van der Waals surface area contributed by atoms with Crippen molar-refractivity contribution < 1.29 is 13.2 Å². The van der Waals surface area contributed by atoms with E-state index in [1.165, 1.54) is 16.9 Å². The van der Waals surface area contributed by atoms with Crippen LogP contribution >= 0.6 is 23.6 Å². The summed E-state index contributed by atoms with van der Waals surface area (Å²) in [5.74, 6) is 0. The molecule has 0 amide bonds. The summed E-state index contributed by atoms with van der Waals surface area (Å²) in [7, 11) is -3.48. The van der Waals surface area contributed by atoms with Gasteiger partial charge >= 0.3 is 0 Å². The zero-order valence-corrected chi connectivity index (χ0v) is 21.0. The number of anilines is 2. The highest BCUT2D eigenvalue weighted by atomic mass is 32.2. The molecule has 9 nitrogen and oxygen atoms in total. The molecule has 12 heteroatoms. The first-order valence-corrected chi connectivity index (χ1v) is 13.4. The van der Waals surface area contributed by atoms with Crippen molar-refractivity contribution in [1.82, 2.24) is 23.3 Å². The molecule has 1 N–H and O–H groups in total. The minimum absolute atomic E-state index is 0.0935. The third kappa shape index (κ3) is 5.56. The van der Waals surface area contributed by atoms with E-state index < -0.39 is 10.2 Å². The monoisotopic (exact) mass is 498 g/mol. The van der Waals surface area contributed by atoms with E-state index in [-0.39, 0.29) is 12.2 Å². The van der Waals surface area contributed by atoms with Crippen molar-refractivity contribution in [3.05, 3.63) is 33.8 Å². The third-order valence-corrected chi connectivity index (χ3v) is 8.80. The minimum Gasteiger partial charge on any atom is -0.373 e. The molecule has 2 atom stereocenters. The second kappa shape index (κ2) is 9.84. The number of ether oxygens (including phenoxy) is 1. The molecule has 2 fully saturated rings. The zero-order valence-electron chi connectivity index (χ0n) is 18.6. The lowest BCUT2D eigenvalue weighted by molar-refractivity contribution is -0.0458. The minimum atomic E-state index is -3.48. The van der Waals surface area contributed by atoms with Gasteiger partial charge in [-0.3, -0.25) is 4.90 Å². The molecule has 176 valence electrons. The van der Waals surface area contributed by atoms with Crippen LogP contribution in [0, 0.1) is 10.9 Å². The Labute approximate surface area is 198 Å². The molecule has 2 unspecified atom stereocenters. The van der Waals surface area contributed by atoms with Crippen LogP contribution in [-0.2, 0) is 21.6 Å². The van der Waals surface area contributed by atoms with E-state index in [0.717, 1.165) is 10.8 Å². The van der Waals surface area contributed by atoms with Crippen LogP contribution in [0.3, 0.4) is 0 Å². The number of rotatable bonds is 6. The van der Waals surface area contributed by atoms with Crippen LogP contribution < -0.4 is 5.32 Å². The van der Waals surface area contributed by atoms with Gasteiger partial charge in [-0.15, -0.1) is 5.10 Å². The summed E-state index contributed by atoms with van der Waals surface area (Å²) in [6, 6.07) is 8.12. The topological polar surface area (TPSA) is 82.9 Å². The highest BCUT2D eigenvalue weighted by Gasteiger charge is 2.36. The van der Waals surface area contributed by atoms with Gasteiger partial charge in [-0.2, -0.15) is 17.0 Å². The molecule has 0 radical (unpaired) electrons. The van der Waals surface area contributed by atoms with E-state index >= 15 is 0 Å². The van der Waals surface area contributed by atoms with Crippen molar-refractivity contribution in [2.75, 3.05) is 44.6 Å². The van der Waals surface area contributed by atoms with Gasteiger partial charge in [0.2, 0.25) is 5.13 Å². The van der Waals surface area contributed by atoms with Crippen molar-refractivity contribution in [3.8, 4) is 0 Å². The van der Waals surface area contributed by atoms with Gasteiger partial charge in [0, 0.05) is 45.0 Å². The molecule has 0 spiro atoms. The lowest BCUT2D eigenvalue weighted by Crippen LogP contribution is -2.57. The Hall–Kier alpha value is -1.41. The fourth-order valence-electron chi connectivity index (χ4n) is 3.98. The van der Waals surface area contributed by atoms with Crippen LogP contribution in [-0.4, -0.2) is 83.2 Å². The number of benzene rings is 1. The predicted molar refractivity (Wildman–Crippen MR) is 129 cm³/mol. The van der Waals surface area contributed by atoms with Crippen molar-refractivity contribution in [2.45, 2.75) is 39.6 Å². The predicted octanol–water partition coefficient (Wildman–Crippen LogP) is 2.66. The number of hydrogen-bond donors (Lipinski definition) is 1. The molecule has 1 aromatic heterocycles. The fraction of sp³-hybridized carbons (Fsp3) is 0.600. The molecule has 2 aliphatic rings. The molecule has 2 aliphatic heterocycles. The number of morpholine rings is 1. The van der Waals surface area contributed by atoms with E-state index in [1.54, 1.807) is 13.3 Å². The van der Waals surface area contributed by atoms with E-state index in [2.05, 4.69) is 22.2 Å². The van der Waals surface area contributed by atoms with Gasteiger partial charge in [0.1, 0.15) is 0 Å². The number of hydrogen-bond acceptors (Lipinski definition) is 8. The van der Waals surface area contributed by atoms with E-state index in [1.807, 2.05) is 38.1 Å². The first-order chi connectivity index (χ1) is 15.2. The van der Waals surface area contributed by atoms with Gasteiger partial charge in [-0.25, -0.2) is 4.68 Å². The van der Waals surface area contributed by atoms with E-state index in [9.17, 15) is 8.42 Å². The molecule has 32 heavy (non-hydrogen) atoms. The van der Waals surface area contributed by atoms with Crippen LogP contribution in [0.2, 0.25) is 0 Å². The Morgan fingerprint density at radius 3 is 2.34 bits per heavy atom. The van der Waals surface area contributed by atoms with Gasteiger partial charge in [0.15, 0.2) is 3.95 Å². The van der Waals surface area contributed by atoms with Gasteiger partial charge in [-0.1, -0.05) is 29.0 Å². The maximum Gasteiger partial charge on any atom is 0.282 e. The smallest absolute Gasteiger partial charge is 0.282 e. The molecule has 0 bridgehead atoms. The van der Waals surface area contributed by atoms with Crippen LogP contribution in [0.15, 0.2) is 24.3 Å². The second-order valence-corrected chi connectivity index (χ2v) is 12.0. The lowest BCUT2D eigenvalue weighted by atomic mass is 10.2. The molecular formula is C20H30N6O3S3. The van der Waals surface area contributed by atoms with E-state index in [4.69, 9.17) is 17.0 Å². The molecule has 0 aliphatic carbocycles. The highest BCUT2D eigenvalue weighted by molar-refractivity contribution is 7.86. The Kier molecular flexibility index (Phi) is 7.30. The molecule has 2 aromatic rings. The molecule has 2 saturated heterocycles. The quantitative estimate of drug-likeness (QED) is 0.613. The molecule has 3 heterocycles. The van der Waals surface area contributed by atoms with Gasteiger partial charge in [-0.05, 0) is 45.1 Å². The van der Waals surface area contributed by atoms with Gasteiger partial charge in [0.25, 0.3) is 10.2 Å². The van der Waals surface area contributed by atoms with Crippen LogP contribution in [0.4, 0.5) is 10.8 Å².